The molecule has 0 atom stereocenters. The van der Waals surface area contributed by atoms with Crippen molar-refractivity contribution in [1.82, 2.24) is 29.9 Å². The maximum absolute atomic E-state index is 12.2. The van der Waals surface area contributed by atoms with Gasteiger partial charge in [0.15, 0.2) is 5.65 Å². The van der Waals surface area contributed by atoms with Gasteiger partial charge >= 0.3 is 0 Å². The lowest BCUT2D eigenvalue weighted by atomic mass is 10.1. The van der Waals surface area contributed by atoms with Crippen LogP contribution in [0.1, 0.15) is 23.6 Å². The minimum atomic E-state index is -0.0104. The minimum Gasteiger partial charge on any atom is -0.334 e. The highest BCUT2D eigenvalue weighted by Crippen LogP contribution is 2.22. The molecule has 1 aromatic carbocycles. The SMILES string of the molecule is CC(=O)N(Cc1cccnc1)Cc1cc2cc(C)ccc2n2nnnc12. The highest BCUT2D eigenvalue weighted by molar-refractivity contribution is 5.84. The number of benzene rings is 1. The Kier molecular flexibility index (Phi) is 4.04. The molecule has 7 nitrogen and oxygen atoms in total. The number of carbonyl (C=O) groups is 1. The molecule has 0 saturated heterocycles. The minimum absolute atomic E-state index is 0.0104. The van der Waals surface area contributed by atoms with Crippen LogP contribution in [-0.2, 0) is 17.9 Å². The molecule has 0 spiro atoms. The van der Waals surface area contributed by atoms with Gasteiger partial charge in [-0.2, -0.15) is 4.52 Å². The van der Waals surface area contributed by atoms with E-state index in [0.717, 1.165) is 27.6 Å². The van der Waals surface area contributed by atoms with E-state index in [1.165, 1.54) is 0 Å². The van der Waals surface area contributed by atoms with Gasteiger partial charge in [-0.3, -0.25) is 9.78 Å². The fourth-order valence-corrected chi connectivity index (χ4v) is 3.10. The van der Waals surface area contributed by atoms with Crippen molar-refractivity contribution in [2.45, 2.75) is 26.9 Å². The number of aryl methyl sites for hydroxylation is 1. The molecule has 26 heavy (non-hydrogen) atoms. The first-order valence-corrected chi connectivity index (χ1v) is 8.36. The molecular formula is C19H18N6O. The lowest BCUT2D eigenvalue weighted by Gasteiger charge is -2.21. The summed E-state index contributed by atoms with van der Waals surface area (Å²) in [5.74, 6) is -0.0104. The van der Waals surface area contributed by atoms with Gasteiger partial charge in [0.2, 0.25) is 5.91 Å². The third-order valence-electron chi connectivity index (χ3n) is 4.40. The molecule has 0 fully saturated rings. The lowest BCUT2D eigenvalue weighted by molar-refractivity contribution is -0.130. The van der Waals surface area contributed by atoms with E-state index in [2.05, 4.69) is 32.6 Å². The molecule has 0 aliphatic rings. The van der Waals surface area contributed by atoms with Crippen LogP contribution >= 0.6 is 0 Å². The molecule has 0 N–H and O–H groups in total. The first-order chi connectivity index (χ1) is 12.6. The summed E-state index contributed by atoms with van der Waals surface area (Å²) in [6, 6.07) is 12.0. The van der Waals surface area contributed by atoms with Crippen molar-refractivity contribution in [3.8, 4) is 0 Å². The average molecular weight is 346 g/mol. The molecule has 0 bridgehead atoms. The molecule has 4 rings (SSSR count). The second-order valence-electron chi connectivity index (χ2n) is 6.38. The quantitative estimate of drug-likeness (QED) is 0.567. The van der Waals surface area contributed by atoms with Crippen LogP contribution in [0.5, 0.6) is 0 Å². The highest BCUT2D eigenvalue weighted by atomic mass is 16.2. The van der Waals surface area contributed by atoms with Crippen LogP contribution in [0.3, 0.4) is 0 Å². The zero-order valence-corrected chi connectivity index (χ0v) is 14.6. The Morgan fingerprint density at radius 1 is 1.19 bits per heavy atom. The van der Waals surface area contributed by atoms with E-state index in [9.17, 15) is 4.79 Å². The molecule has 3 heterocycles. The molecule has 7 heteroatoms. The Bertz CT molecular complexity index is 1090. The van der Waals surface area contributed by atoms with Crippen molar-refractivity contribution < 1.29 is 4.79 Å². The lowest BCUT2D eigenvalue weighted by Crippen LogP contribution is -2.28. The van der Waals surface area contributed by atoms with E-state index in [0.29, 0.717) is 18.7 Å². The van der Waals surface area contributed by atoms with Gasteiger partial charge in [0.1, 0.15) is 0 Å². The van der Waals surface area contributed by atoms with Crippen LogP contribution in [0.15, 0.2) is 48.8 Å². The summed E-state index contributed by atoms with van der Waals surface area (Å²) in [5, 5.41) is 13.1. The average Bonchev–Trinajstić information content (AvgIpc) is 3.12. The number of tetrazole rings is 1. The second kappa shape index (κ2) is 6.51. The van der Waals surface area contributed by atoms with Crippen molar-refractivity contribution >= 4 is 22.5 Å². The molecule has 1 amide bonds. The summed E-state index contributed by atoms with van der Waals surface area (Å²) in [6.07, 6.45) is 3.49. The Morgan fingerprint density at radius 3 is 2.85 bits per heavy atom. The zero-order chi connectivity index (χ0) is 18.1. The third-order valence-corrected chi connectivity index (χ3v) is 4.40. The number of fused-ring (bicyclic) bond motifs is 3. The molecule has 3 aromatic heterocycles. The topological polar surface area (TPSA) is 76.3 Å². The molecular weight excluding hydrogens is 328 g/mol. The number of pyridine rings is 2. The van der Waals surface area contributed by atoms with Gasteiger partial charge in [-0.15, -0.1) is 5.10 Å². The van der Waals surface area contributed by atoms with Gasteiger partial charge in [0.05, 0.1) is 5.52 Å². The first-order valence-electron chi connectivity index (χ1n) is 8.36. The van der Waals surface area contributed by atoms with Crippen LogP contribution in [0.25, 0.3) is 16.6 Å². The molecule has 130 valence electrons. The molecule has 0 unspecified atom stereocenters. The van der Waals surface area contributed by atoms with Crippen molar-refractivity contribution in [2.24, 2.45) is 0 Å². The number of hydrogen-bond acceptors (Lipinski definition) is 5. The van der Waals surface area contributed by atoms with E-state index >= 15 is 0 Å². The van der Waals surface area contributed by atoms with Crippen LogP contribution in [0.2, 0.25) is 0 Å². The molecule has 0 radical (unpaired) electrons. The van der Waals surface area contributed by atoms with E-state index in [1.807, 2.05) is 31.2 Å². The van der Waals surface area contributed by atoms with Crippen LogP contribution < -0.4 is 0 Å². The van der Waals surface area contributed by atoms with Crippen molar-refractivity contribution in [3.63, 3.8) is 0 Å². The highest BCUT2D eigenvalue weighted by Gasteiger charge is 2.16. The van der Waals surface area contributed by atoms with Crippen LogP contribution in [0.4, 0.5) is 0 Å². The number of carbonyl (C=O) groups excluding carboxylic acids is 1. The Labute approximate surface area is 150 Å². The molecule has 0 aliphatic heterocycles. The zero-order valence-electron chi connectivity index (χ0n) is 14.6. The fraction of sp³-hybridized carbons (Fsp3) is 0.211. The summed E-state index contributed by atoms with van der Waals surface area (Å²) < 4.78 is 1.73. The Balaban J connectivity index is 1.76. The van der Waals surface area contributed by atoms with Gasteiger partial charge in [-0.25, -0.2) is 0 Å². The molecule has 0 saturated carbocycles. The summed E-state index contributed by atoms with van der Waals surface area (Å²) in [4.78, 5) is 18.1. The van der Waals surface area contributed by atoms with E-state index < -0.39 is 0 Å². The van der Waals surface area contributed by atoms with Crippen LogP contribution in [-0.4, -0.2) is 35.8 Å². The van der Waals surface area contributed by atoms with Gasteiger partial charge in [-0.05, 0) is 47.2 Å². The van der Waals surface area contributed by atoms with Gasteiger partial charge in [0, 0.05) is 43.4 Å². The first kappa shape index (κ1) is 16.1. The number of aromatic nitrogens is 5. The van der Waals surface area contributed by atoms with Crippen LogP contribution in [0, 0.1) is 6.92 Å². The largest absolute Gasteiger partial charge is 0.334 e. The summed E-state index contributed by atoms with van der Waals surface area (Å²) >= 11 is 0. The normalized spacial score (nSPS) is 11.2. The maximum Gasteiger partial charge on any atom is 0.220 e. The fourth-order valence-electron chi connectivity index (χ4n) is 3.10. The predicted octanol–water partition coefficient (Wildman–Crippen LogP) is 2.53. The smallest absolute Gasteiger partial charge is 0.220 e. The van der Waals surface area contributed by atoms with Gasteiger partial charge < -0.3 is 4.90 Å². The monoisotopic (exact) mass is 346 g/mol. The van der Waals surface area contributed by atoms with E-state index in [-0.39, 0.29) is 5.91 Å². The van der Waals surface area contributed by atoms with Gasteiger partial charge in [0.25, 0.3) is 0 Å². The predicted molar refractivity (Wildman–Crippen MR) is 97.2 cm³/mol. The number of nitrogens with zero attached hydrogens (tertiary/aromatic N) is 6. The second-order valence-corrected chi connectivity index (χ2v) is 6.38. The summed E-state index contributed by atoms with van der Waals surface area (Å²) in [7, 11) is 0. The number of rotatable bonds is 4. The summed E-state index contributed by atoms with van der Waals surface area (Å²) in [5.41, 5.74) is 4.66. The van der Waals surface area contributed by atoms with E-state index in [1.54, 1.807) is 28.7 Å². The summed E-state index contributed by atoms with van der Waals surface area (Å²) in [6.45, 7) is 4.54. The number of amides is 1. The Hall–Kier alpha value is -3.35. The Morgan fingerprint density at radius 2 is 2.08 bits per heavy atom. The number of hydrogen-bond donors (Lipinski definition) is 0. The maximum atomic E-state index is 12.2. The third kappa shape index (κ3) is 2.99. The van der Waals surface area contributed by atoms with Gasteiger partial charge in [-0.1, -0.05) is 17.7 Å². The van der Waals surface area contributed by atoms with E-state index in [4.69, 9.17) is 0 Å². The van der Waals surface area contributed by atoms with Crippen molar-refractivity contribution in [3.05, 3.63) is 65.5 Å². The van der Waals surface area contributed by atoms with Crippen molar-refractivity contribution in [1.29, 1.82) is 0 Å². The molecule has 4 aromatic rings. The van der Waals surface area contributed by atoms with Crippen molar-refractivity contribution in [2.75, 3.05) is 0 Å². The molecule has 0 aliphatic carbocycles. The standard InChI is InChI=1S/C19H18N6O/c1-13-5-6-18-16(8-13)9-17(19-21-22-23-25(18)19)12-24(14(2)26)11-15-4-3-7-20-10-15/h3-10H,11-12H2,1-2H3.